The van der Waals surface area contributed by atoms with Gasteiger partial charge in [-0.25, -0.2) is 0 Å². The van der Waals surface area contributed by atoms with Gasteiger partial charge in [0.1, 0.15) is 0 Å². The number of aryl methyl sites for hydroxylation is 2. The highest BCUT2D eigenvalue weighted by Gasteiger charge is 2.14. The molecule has 0 aliphatic rings. The van der Waals surface area contributed by atoms with Crippen LogP contribution in [0, 0.1) is 20.8 Å². The lowest BCUT2D eigenvalue weighted by atomic mass is 10.2. The molecule has 0 fully saturated rings. The molecular formula is C18H22ClN3S. The second-order valence-corrected chi connectivity index (χ2v) is 6.48. The Balaban J connectivity index is 0.00000192. The van der Waals surface area contributed by atoms with Crippen LogP contribution in [0.3, 0.4) is 0 Å². The fourth-order valence-electron chi connectivity index (χ4n) is 2.93. The summed E-state index contributed by atoms with van der Waals surface area (Å²) in [5, 5.41) is 2.18. The van der Waals surface area contributed by atoms with Crippen LogP contribution in [-0.2, 0) is 7.05 Å². The molecule has 0 bridgehead atoms. The van der Waals surface area contributed by atoms with Gasteiger partial charge in [-0.05, 0) is 39.0 Å². The first-order valence-corrected chi connectivity index (χ1v) is 8.24. The van der Waals surface area contributed by atoms with Gasteiger partial charge >= 0.3 is 0 Å². The molecule has 5 heteroatoms. The summed E-state index contributed by atoms with van der Waals surface area (Å²) in [6, 6.07) is 10.9. The standard InChI is InChI=1S/C18H21N3S.ClH/c1-12-6-8-15(9-7-12)21-13(2)10-16(14(21)3)17-11-22-18(19-4)20(17)5;/h6-11H,1-5H3;1H. The largest absolute Gasteiger partial charge is 0.320 e. The van der Waals surface area contributed by atoms with Crippen LogP contribution in [0.15, 0.2) is 40.7 Å². The fraction of sp³-hybridized carbons (Fsp3) is 0.278. The first-order valence-electron chi connectivity index (χ1n) is 7.36. The zero-order valence-electron chi connectivity index (χ0n) is 14.1. The van der Waals surface area contributed by atoms with Crippen molar-refractivity contribution in [1.29, 1.82) is 0 Å². The van der Waals surface area contributed by atoms with Crippen molar-refractivity contribution in [2.75, 3.05) is 7.05 Å². The van der Waals surface area contributed by atoms with E-state index in [-0.39, 0.29) is 12.4 Å². The predicted molar refractivity (Wildman–Crippen MR) is 101 cm³/mol. The van der Waals surface area contributed by atoms with Crippen molar-refractivity contribution in [3.05, 3.63) is 57.5 Å². The summed E-state index contributed by atoms with van der Waals surface area (Å²) in [7, 11) is 3.91. The third-order valence-electron chi connectivity index (χ3n) is 4.11. The number of benzene rings is 1. The molecule has 122 valence electrons. The number of hydrogen-bond acceptors (Lipinski definition) is 2. The van der Waals surface area contributed by atoms with E-state index in [4.69, 9.17) is 0 Å². The lowest BCUT2D eigenvalue weighted by Gasteiger charge is -2.10. The normalized spacial score (nSPS) is 11.6. The molecule has 1 aromatic carbocycles. The van der Waals surface area contributed by atoms with Crippen LogP contribution in [-0.4, -0.2) is 16.2 Å². The summed E-state index contributed by atoms with van der Waals surface area (Å²) in [4.78, 5) is 5.35. The summed E-state index contributed by atoms with van der Waals surface area (Å²) in [6.45, 7) is 6.46. The van der Waals surface area contributed by atoms with E-state index >= 15 is 0 Å². The zero-order valence-corrected chi connectivity index (χ0v) is 15.8. The molecule has 0 atom stereocenters. The molecule has 0 N–H and O–H groups in total. The maximum atomic E-state index is 4.32. The molecule has 0 amide bonds. The predicted octanol–water partition coefficient (Wildman–Crippen LogP) is 4.42. The second kappa shape index (κ2) is 6.77. The van der Waals surface area contributed by atoms with Gasteiger partial charge < -0.3 is 9.13 Å². The summed E-state index contributed by atoms with van der Waals surface area (Å²) in [6.07, 6.45) is 0. The highest BCUT2D eigenvalue weighted by molar-refractivity contribution is 7.07. The van der Waals surface area contributed by atoms with E-state index < -0.39 is 0 Å². The molecule has 3 nitrogen and oxygen atoms in total. The van der Waals surface area contributed by atoms with Crippen LogP contribution in [0.5, 0.6) is 0 Å². The van der Waals surface area contributed by atoms with Crippen LogP contribution in [0.4, 0.5) is 0 Å². The maximum Gasteiger partial charge on any atom is 0.184 e. The van der Waals surface area contributed by atoms with Gasteiger partial charge in [0.15, 0.2) is 4.80 Å². The van der Waals surface area contributed by atoms with Crippen molar-refractivity contribution in [3.63, 3.8) is 0 Å². The highest BCUT2D eigenvalue weighted by atomic mass is 35.5. The molecule has 0 aliphatic carbocycles. The summed E-state index contributed by atoms with van der Waals surface area (Å²) >= 11 is 1.68. The molecule has 0 saturated carbocycles. The molecular weight excluding hydrogens is 326 g/mol. The summed E-state index contributed by atoms with van der Waals surface area (Å²) in [5.74, 6) is 0. The van der Waals surface area contributed by atoms with Gasteiger partial charge in [-0.3, -0.25) is 4.99 Å². The molecule has 0 radical (unpaired) electrons. The van der Waals surface area contributed by atoms with E-state index in [2.05, 4.69) is 77.7 Å². The minimum Gasteiger partial charge on any atom is -0.320 e. The molecule has 2 aromatic heterocycles. The quantitative estimate of drug-likeness (QED) is 0.654. The van der Waals surface area contributed by atoms with Crippen molar-refractivity contribution in [2.24, 2.45) is 12.0 Å². The minimum absolute atomic E-state index is 0. The number of thiazole rings is 1. The van der Waals surface area contributed by atoms with Crippen molar-refractivity contribution in [1.82, 2.24) is 9.13 Å². The van der Waals surface area contributed by atoms with E-state index in [0.717, 1.165) is 4.80 Å². The van der Waals surface area contributed by atoms with E-state index in [1.165, 1.54) is 33.9 Å². The lowest BCUT2D eigenvalue weighted by molar-refractivity contribution is 0.873. The van der Waals surface area contributed by atoms with Crippen LogP contribution in [0.2, 0.25) is 0 Å². The number of rotatable bonds is 2. The average molecular weight is 348 g/mol. The van der Waals surface area contributed by atoms with Gasteiger partial charge in [0.2, 0.25) is 0 Å². The molecule has 0 saturated heterocycles. The first-order chi connectivity index (χ1) is 10.5. The van der Waals surface area contributed by atoms with Gasteiger partial charge in [0.25, 0.3) is 0 Å². The second-order valence-electron chi connectivity index (χ2n) is 5.64. The van der Waals surface area contributed by atoms with Gasteiger partial charge in [-0.1, -0.05) is 17.7 Å². The van der Waals surface area contributed by atoms with E-state index in [1.54, 1.807) is 11.3 Å². The highest BCUT2D eigenvalue weighted by Crippen LogP contribution is 2.29. The Morgan fingerprint density at radius 2 is 1.70 bits per heavy atom. The molecule has 3 aromatic rings. The Morgan fingerprint density at radius 3 is 2.26 bits per heavy atom. The van der Waals surface area contributed by atoms with Crippen LogP contribution < -0.4 is 4.80 Å². The third-order valence-corrected chi connectivity index (χ3v) is 5.12. The molecule has 3 rings (SSSR count). The summed E-state index contributed by atoms with van der Waals surface area (Å²) < 4.78 is 4.47. The Hall–Kier alpha value is -1.78. The number of nitrogens with zero attached hydrogens (tertiary/aromatic N) is 3. The number of halogens is 1. The van der Waals surface area contributed by atoms with Crippen molar-refractivity contribution in [3.8, 4) is 16.9 Å². The van der Waals surface area contributed by atoms with Crippen molar-refractivity contribution >= 4 is 23.7 Å². The van der Waals surface area contributed by atoms with Crippen molar-refractivity contribution < 1.29 is 0 Å². The van der Waals surface area contributed by atoms with Gasteiger partial charge in [0.05, 0.1) is 5.69 Å². The van der Waals surface area contributed by atoms with Crippen LogP contribution in [0.25, 0.3) is 16.9 Å². The number of aromatic nitrogens is 2. The molecule has 0 spiro atoms. The van der Waals surface area contributed by atoms with E-state index in [9.17, 15) is 0 Å². The van der Waals surface area contributed by atoms with Crippen LogP contribution in [0.1, 0.15) is 17.0 Å². The maximum absolute atomic E-state index is 4.32. The van der Waals surface area contributed by atoms with E-state index in [1.807, 2.05) is 7.05 Å². The van der Waals surface area contributed by atoms with Crippen LogP contribution >= 0.6 is 23.7 Å². The molecule has 0 unspecified atom stereocenters. The van der Waals surface area contributed by atoms with Gasteiger partial charge in [0, 0.05) is 42.1 Å². The Labute approximate surface area is 147 Å². The molecule has 23 heavy (non-hydrogen) atoms. The topological polar surface area (TPSA) is 22.2 Å². The SMILES string of the molecule is CN=c1scc(-c2cc(C)n(-c3ccc(C)cc3)c2C)n1C.Cl. The molecule has 0 aliphatic heterocycles. The average Bonchev–Trinajstić information content (AvgIpc) is 3.00. The fourth-order valence-corrected chi connectivity index (χ4v) is 3.79. The first kappa shape index (κ1) is 17.6. The Bertz CT molecular complexity index is 882. The zero-order chi connectivity index (χ0) is 15.9. The van der Waals surface area contributed by atoms with Crippen molar-refractivity contribution in [2.45, 2.75) is 20.8 Å². The Morgan fingerprint density at radius 1 is 1.04 bits per heavy atom. The van der Waals surface area contributed by atoms with Gasteiger partial charge in [-0.2, -0.15) is 0 Å². The third kappa shape index (κ3) is 3.01. The minimum atomic E-state index is 0. The lowest BCUT2D eigenvalue weighted by Crippen LogP contribution is -2.11. The number of hydrogen-bond donors (Lipinski definition) is 0. The summed E-state index contributed by atoms with van der Waals surface area (Å²) in [5.41, 5.74) is 7.49. The van der Waals surface area contributed by atoms with Gasteiger partial charge in [-0.15, -0.1) is 23.7 Å². The Kier molecular flexibility index (Phi) is 5.17. The van der Waals surface area contributed by atoms with E-state index in [0.29, 0.717) is 0 Å². The molecule has 2 heterocycles. The monoisotopic (exact) mass is 347 g/mol. The smallest absolute Gasteiger partial charge is 0.184 e.